The second kappa shape index (κ2) is 6.20. The highest BCUT2D eigenvalue weighted by molar-refractivity contribution is 6.05. The van der Waals surface area contributed by atoms with E-state index in [9.17, 15) is 9.59 Å². The number of carbonyl (C=O) groups is 1. The van der Waals surface area contributed by atoms with Gasteiger partial charge >= 0.3 is 5.63 Å². The molecule has 0 saturated heterocycles. The highest BCUT2D eigenvalue weighted by Gasteiger charge is 2.19. The van der Waals surface area contributed by atoms with Gasteiger partial charge in [0.05, 0.1) is 5.39 Å². The summed E-state index contributed by atoms with van der Waals surface area (Å²) in [4.78, 5) is 24.2. The quantitative estimate of drug-likeness (QED) is 0.554. The lowest BCUT2D eigenvalue weighted by Crippen LogP contribution is -2.38. The van der Waals surface area contributed by atoms with Gasteiger partial charge in [0.2, 0.25) is 5.55 Å². The van der Waals surface area contributed by atoms with Crippen LogP contribution in [-0.4, -0.2) is 11.9 Å². The number of benzene rings is 1. The second-order valence-corrected chi connectivity index (χ2v) is 6.45. The maximum atomic E-state index is 12.6. The van der Waals surface area contributed by atoms with Gasteiger partial charge < -0.3 is 14.2 Å². The Morgan fingerprint density at radius 3 is 2.64 bits per heavy atom. The van der Waals surface area contributed by atoms with Crippen molar-refractivity contribution in [2.75, 3.05) is 0 Å². The first-order valence-electron chi connectivity index (χ1n) is 8.48. The van der Waals surface area contributed by atoms with Crippen molar-refractivity contribution in [3.8, 4) is 0 Å². The molecule has 0 bridgehead atoms. The number of hydrogen-bond acceptors (Lipinski definition) is 5. The van der Waals surface area contributed by atoms with E-state index in [0.717, 1.165) is 31.1 Å². The third-order valence-electron chi connectivity index (χ3n) is 4.72. The summed E-state index contributed by atoms with van der Waals surface area (Å²) < 4.78 is 10.8. The standard InChI is InChI=1S/C19H18N2O4/c20-18-14(19(23)21-12-4-2-1-3-5-12)10-13-15(24-18)8-6-11-7-9-16(22)25-17(11)13/h6-10,12,20H,1-5H2,(H,21,23). The summed E-state index contributed by atoms with van der Waals surface area (Å²) in [6.07, 6.45) is 5.34. The fourth-order valence-electron chi connectivity index (χ4n) is 3.42. The SMILES string of the molecule is N=c1oc2ccc3ccc(=O)oc3c2cc1C(=O)NC1CCCCC1. The molecule has 2 N–H and O–H groups in total. The van der Waals surface area contributed by atoms with E-state index in [0.29, 0.717) is 16.6 Å². The maximum absolute atomic E-state index is 12.6. The van der Waals surface area contributed by atoms with Crippen LogP contribution >= 0.6 is 0 Å². The highest BCUT2D eigenvalue weighted by Crippen LogP contribution is 2.24. The molecule has 3 aromatic rings. The lowest BCUT2D eigenvalue weighted by Gasteiger charge is -2.22. The summed E-state index contributed by atoms with van der Waals surface area (Å²) >= 11 is 0. The van der Waals surface area contributed by atoms with Gasteiger partial charge in [0.15, 0.2) is 0 Å². The first-order chi connectivity index (χ1) is 12.1. The number of rotatable bonds is 2. The van der Waals surface area contributed by atoms with E-state index in [1.54, 1.807) is 24.3 Å². The van der Waals surface area contributed by atoms with Gasteiger partial charge in [-0.3, -0.25) is 10.2 Å². The molecule has 0 unspecified atom stereocenters. The molecule has 2 heterocycles. The Labute approximate surface area is 143 Å². The van der Waals surface area contributed by atoms with E-state index in [4.69, 9.17) is 14.2 Å². The third-order valence-corrected chi connectivity index (χ3v) is 4.72. The summed E-state index contributed by atoms with van der Waals surface area (Å²) in [5.74, 6) is -0.321. The predicted octanol–water partition coefficient (Wildman–Crippen LogP) is 3.08. The monoisotopic (exact) mass is 338 g/mol. The van der Waals surface area contributed by atoms with Crippen molar-refractivity contribution < 1.29 is 13.6 Å². The van der Waals surface area contributed by atoms with Crippen LogP contribution in [0, 0.1) is 5.41 Å². The molecular weight excluding hydrogens is 320 g/mol. The van der Waals surface area contributed by atoms with Crippen LogP contribution in [0.2, 0.25) is 0 Å². The number of fused-ring (bicyclic) bond motifs is 3. The average molecular weight is 338 g/mol. The predicted molar refractivity (Wildman–Crippen MR) is 92.4 cm³/mol. The van der Waals surface area contributed by atoms with Crippen molar-refractivity contribution in [3.63, 3.8) is 0 Å². The van der Waals surface area contributed by atoms with E-state index in [-0.39, 0.29) is 23.1 Å². The van der Waals surface area contributed by atoms with Gasteiger partial charge in [0.25, 0.3) is 5.91 Å². The number of carbonyl (C=O) groups excluding carboxylic acids is 1. The Kier molecular flexibility index (Phi) is 3.87. The summed E-state index contributed by atoms with van der Waals surface area (Å²) in [7, 11) is 0. The zero-order chi connectivity index (χ0) is 17.4. The van der Waals surface area contributed by atoms with Gasteiger partial charge in [0, 0.05) is 17.5 Å². The molecule has 0 spiro atoms. The Hall–Kier alpha value is -2.89. The molecule has 25 heavy (non-hydrogen) atoms. The van der Waals surface area contributed by atoms with Crippen molar-refractivity contribution in [3.05, 3.63) is 51.9 Å². The van der Waals surface area contributed by atoms with Gasteiger partial charge in [0.1, 0.15) is 16.7 Å². The third kappa shape index (κ3) is 2.95. The normalized spacial score (nSPS) is 15.5. The molecule has 1 aromatic carbocycles. The molecule has 1 fully saturated rings. The van der Waals surface area contributed by atoms with Crippen LogP contribution in [0.4, 0.5) is 0 Å². The minimum absolute atomic E-state index is 0.141. The zero-order valence-electron chi connectivity index (χ0n) is 13.6. The van der Waals surface area contributed by atoms with Crippen LogP contribution in [0.25, 0.3) is 21.9 Å². The van der Waals surface area contributed by atoms with Crippen LogP contribution in [0.15, 0.2) is 44.0 Å². The van der Waals surface area contributed by atoms with Crippen LogP contribution in [0.1, 0.15) is 42.5 Å². The van der Waals surface area contributed by atoms with Crippen molar-refractivity contribution in [2.45, 2.75) is 38.1 Å². The Bertz CT molecular complexity index is 1070. The van der Waals surface area contributed by atoms with E-state index < -0.39 is 5.63 Å². The summed E-state index contributed by atoms with van der Waals surface area (Å²) in [5.41, 5.74) is 0.250. The maximum Gasteiger partial charge on any atom is 0.336 e. The molecule has 0 radical (unpaired) electrons. The second-order valence-electron chi connectivity index (χ2n) is 6.45. The van der Waals surface area contributed by atoms with Gasteiger partial charge in [-0.05, 0) is 37.1 Å². The van der Waals surface area contributed by atoms with E-state index in [1.807, 2.05) is 0 Å². The van der Waals surface area contributed by atoms with Gasteiger partial charge in [-0.15, -0.1) is 0 Å². The summed E-state index contributed by atoms with van der Waals surface area (Å²) in [6, 6.07) is 8.19. The molecule has 1 aliphatic rings. The Morgan fingerprint density at radius 1 is 1.08 bits per heavy atom. The molecule has 6 heteroatoms. The van der Waals surface area contributed by atoms with Crippen LogP contribution in [0.3, 0.4) is 0 Å². The number of hydrogen-bond donors (Lipinski definition) is 2. The molecular formula is C19H18N2O4. The number of nitrogens with one attached hydrogen (secondary N) is 2. The minimum atomic E-state index is -0.469. The molecule has 4 rings (SSSR count). The molecule has 2 aromatic heterocycles. The van der Waals surface area contributed by atoms with Crippen molar-refractivity contribution in [2.24, 2.45) is 0 Å². The van der Waals surface area contributed by atoms with Crippen LogP contribution in [-0.2, 0) is 0 Å². The first-order valence-corrected chi connectivity index (χ1v) is 8.48. The molecule has 1 saturated carbocycles. The average Bonchev–Trinajstić information content (AvgIpc) is 2.61. The van der Waals surface area contributed by atoms with Crippen molar-refractivity contribution in [1.29, 1.82) is 5.41 Å². The molecule has 0 aliphatic heterocycles. The summed E-state index contributed by atoms with van der Waals surface area (Å²) in [6.45, 7) is 0. The molecule has 6 nitrogen and oxygen atoms in total. The highest BCUT2D eigenvalue weighted by atomic mass is 16.4. The molecule has 1 aliphatic carbocycles. The van der Waals surface area contributed by atoms with Crippen molar-refractivity contribution in [1.82, 2.24) is 5.32 Å². The van der Waals surface area contributed by atoms with Crippen molar-refractivity contribution >= 4 is 27.8 Å². The fourth-order valence-corrected chi connectivity index (χ4v) is 3.42. The summed E-state index contributed by atoms with van der Waals surface area (Å²) in [5, 5.41) is 12.3. The number of amides is 1. The minimum Gasteiger partial charge on any atom is -0.438 e. The fraction of sp³-hybridized carbons (Fsp3) is 0.316. The molecule has 0 atom stereocenters. The van der Waals surface area contributed by atoms with E-state index in [1.165, 1.54) is 12.5 Å². The van der Waals surface area contributed by atoms with Gasteiger partial charge in [-0.1, -0.05) is 19.3 Å². The Balaban J connectivity index is 1.80. The van der Waals surface area contributed by atoms with Gasteiger partial charge in [-0.2, -0.15) is 0 Å². The largest absolute Gasteiger partial charge is 0.438 e. The zero-order valence-corrected chi connectivity index (χ0v) is 13.6. The van der Waals surface area contributed by atoms with Gasteiger partial charge in [-0.25, -0.2) is 4.79 Å². The van der Waals surface area contributed by atoms with E-state index >= 15 is 0 Å². The molecule has 128 valence electrons. The Morgan fingerprint density at radius 2 is 1.84 bits per heavy atom. The van der Waals surface area contributed by atoms with Crippen LogP contribution < -0.4 is 16.5 Å². The lowest BCUT2D eigenvalue weighted by atomic mass is 9.95. The topological polar surface area (TPSA) is 96.3 Å². The van der Waals surface area contributed by atoms with Crippen LogP contribution in [0.5, 0.6) is 0 Å². The first kappa shape index (κ1) is 15.6. The van der Waals surface area contributed by atoms with E-state index in [2.05, 4.69) is 5.32 Å². The smallest absolute Gasteiger partial charge is 0.336 e. The lowest BCUT2D eigenvalue weighted by molar-refractivity contribution is 0.0923. The molecule has 1 amide bonds.